The van der Waals surface area contributed by atoms with E-state index in [4.69, 9.17) is 18.5 Å². The first-order valence-corrected chi connectivity index (χ1v) is 21.0. The molecule has 2 fully saturated rings. The highest BCUT2D eigenvalue weighted by molar-refractivity contribution is 7.26. The molecule has 0 aromatic heterocycles. The number of fused-ring (bicyclic) bond motifs is 2. The van der Waals surface area contributed by atoms with Crippen molar-refractivity contribution in [3.05, 3.63) is 119 Å². The van der Waals surface area contributed by atoms with E-state index >= 15 is 0 Å². The first-order chi connectivity index (χ1) is 26.3. The van der Waals surface area contributed by atoms with Gasteiger partial charge in [0.15, 0.2) is 9.03 Å². The van der Waals surface area contributed by atoms with E-state index in [1.54, 1.807) is 0 Å². The Bertz CT molecular complexity index is 1730. The van der Waals surface area contributed by atoms with Gasteiger partial charge < -0.3 is 28.9 Å². The van der Waals surface area contributed by atoms with Crippen molar-refractivity contribution in [1.29, 1.82) is 0 Å². The topological polar surface area (TPSA) is 86.3 Å². The molecule has 2 unspecified atom stereocenters. The molecule has 0 amide bonds. The molecule has 0 heterocycles. The summed E-state index contributed by atoms with van der Waals surface area (Å²) in [6.45, 7) is 10.8. The molecular formula is C46H60NO6P. The molecule has 4 aliphatic rings. The third-order valence-corrected chi connectivity index (χ3v) is 12.5. The number of nitrogens with one attached hydrogen (secondary N) is 1. The molecule has 4 aliphatic carbocycles. The van der Waals surface area contributed by atoms with Gasteiger partial charge in [-0.05, 0) is 172 Å². The van der Waals surface area contributed by atoms with E-state index in [1.165, 1.54) is 40.7 Å². The van der Waals surface area contributed by atoms with Gasteiger partial charge in [0.25, 0.3) is 0 Å². The molecule has 1 spiro atoms. The van der Waals surface area contributed by atoms with Crippen molar-refractivity contribution in [3.8, 4) is 5.75 Å². The fourth-order valence-electron chi connectivity index (χ4n) is 8.99. The minimum absolute atomic E-state index is 0.0188. The highest BCUT2D eigenvalue weighted by Gasteiger charge is 2.54. The van der Waals surface area contributed by atoms with Crippen LogP contribution in [0.2, 0.25) is 0 Å². The number of aliphatic carboxylic acids is 1. The van der Waals surface area contributed by atoms with Crippen LogP contribution in [-0.4, -0.2) is 43.0 Å². The van der Waals surface area contributed by atoms with E-state index in [0.29, 0.717) is 45.2 Å². The number of ether oxygens (including phenoxy) is 2. The average molecular weight is 754 g/mol. The Kier molecular flexibility index (Phi) is 14.3. The van der Waals surface area contributed by atoms with Crippen LogP contribution in [0.1, 0.15) is 107 Å². The molecule has 290 valence electrons. The van der Waals surface area contributed by atoms with Crippen molar-refractivity contribution in [2.75, 3.05) is 31.7 Å². The van der Waals surface area contributed by atoms with Gasteiger partial charge in [-0.15, -0.1) is 0 Å². The number of allylic oxidation sites excluding steroid dienone is 6. The van der Waals surface area contributed by atoms with Gasteiger partial charge in [-0.3, -0.25) is 0 Å². The van der Waals surface area contributed by atoms with Gasteiger partial charge in [0.2, 0.25) is 0 Å². The van der Waals surface area contributed by atoms with Crippen LogP contribution in [0.5, 0.6) is 5.75 Å². The lowest BCUT2D eigenvalue weighted by molar-refractivity contribution is -0.144. The summed E-state index contributed by atoms with van der Waals surface area (Å²) in [5.41, 5.74) is 7.27. The zero-order valence-corrected chi connectivity index (χ0v) is 33.4. The van der Waals surface area contributed by atoms with E-state index < -0.39 is 11.5 Å². The molecule has 0 saturated heterocycles. The lowest BCUT2D eigenvalue weighted by Crippen LogP contribution is -2.53. The van der Waals surface area contributed by atoms with Crippen LogP contribution in [0.3, 0.4) is 0 Å². The van der Waals surface area contributed by atoms with Crippen molar-refractivity contribution in [2.45, 2.75) is 115 Å². The van der Waals surface area contributed by atoms with Gasteiger partial charge in [-0.2, -0.15) is 0 Å². The summed E-state index contributed by atoms with van der Waals surface area (Å²) in [5, 5.41) is 14.1. The third-order valence-electron chi connectivity index (χ3n) is 11.9. The SMILES string of the molecule is C=C1CCCC/C1=C(/C=C\C)OCCCC1Cc2ccc(OCCCOPOCC3=CCCC=C3)cc2C12CCC(Nc1cccc(C)c1)(C(=O)O)CC2. The van der Waals surface area contributed by atoms with Crippen LogP contribution in [-0.2, 0) is 30.4 Å². The van der Waals surface area contributed by atoms with Crippen LogP contribution < -0.4 is 10.1 Å². The van der Waals surface area contributed by atoms with E-state index in [2.05, 4.69) is 60.5 Å². The van der Waals surface area contributed by atoms with E-state index in [-0.39, 0.29) is 14.4 Å². The molecule has 54 heavy (non-hydrogen) atoms. The van der Waals surface area contributed by atoms with Gasteiger partial charge in [-0.25, -0.2) is 4.79 Å². The monoisotopic (exact) mass is 753 g/mol. The summed E-state index contributed by atoms with van der Waals surface area (Å²) >= 11 is 0. The minimum Gasteiger partial charge on any atom is -0.493 e. The van der Waals surface area contributed by atoms with Gasteiger partial charge in [0, 0.05) is 12.1 Å². The summed E-state index contributed by atoms with van der Waals surface area (Å²) in [5.74, 6) is 1.47. The summed E-state index contributed by atoms with van der Waals surface area (Å²) in [6, 6.07) is 14.6. The van der Waals surface area contributed by atoms with E-state index in [1.807, 2.05) is 38.1 Å². The maximum absolute atomic E-state index is 13.0. The minimum atomic E-state index is -1.01. The lowest BCUT2D eigenvalue weighted by atomic mass is 9.60. The number of hydrogen-bond donors (Lipinski definition) is 2. The summed E-state index contributed by atoms with van der Waals surface area (Å²) in [7, 11) is 0.0188. The zero-order valence-electron chi connectivity index (χ0n) is 32.4. The van der Waals surface area contributed by atoms with Gasteiger partial charge >= 0.3 is 5.97 Å². The van der Waals surface area contributed by atoms with E-state index in [9.17, 15) is 9.90 Å². The smallest absolute Gasteiger partial charge is 0.329 e. The van der Waals surface area contributed by atoms with Gasteiger partial charge in [0.1, 0.15) is 17.0 Å². The van der Waals surface area contributed by atoms with Crippen molar-refractivity contribution in [3.63, 3.8) is 0 Å². The van der Waals surface area contributed by atoms with Crippen LogP contribution >= 0.6 is 9.03 Å². The predicted octanol–water partition coefficient (Wildman–Crippen LogP) is 11.3. The number of benzene rings is 2. The fourth-order valence-corrected chi connectivity index (χ4v) is 9.53. The molecule has 2 aromatic carbocycles. The van der Waals surface area contributed by atoms with Crippen LogP contribution in [0.4, 0.5) is 5.69 Å². The molecular weight excluding hydrogens is 693 g/mol. The lowest BCUT2D eigenvalue weighted by Gasteiger charge is -2.47. The van der Waals surface area contributed by atoms with Gasteiger partial charge in [0.05, 0.1) is 26.4 Å². The normalized spacial score (nSPS) is 25.0. The molecule has 2 N–H and O–H groups in total. The quantitative estimate of drug-likeness (QED) is 0.0890. The van der Waals surface area contributed by atoms with Crippen molar-refractivity contribution < 1.29 is 28.4 Å². The molecule has 6 rings (SSSR count). The maximum atomic E-state index is 13.0. The van der Waals surface area contributed by atoms with Crippen molar-refractivity contribution >= 4 is 20.7 Å². The second-order valence-corrected chi connectivity index (χ2v) is 16.3. The summed E-state index contributed by atoms with van der Waals surface area (Å²) < 4.78 is 24.2. The summed E-state index contributed by atoms with van der Waals surface area (Å²) in [6.07, 6.45) is 23.8. The second-order valence-electron chi connectivity index (χ2n) is 15.6. The number of carboxylic acids is 1. The molecule has 2 atom stereocenters. The Labute approximate surface area is 324 Å². The molecule has 2 aromatic rings. The fraction of sp³-hybridized carbons (Fsp3) is 0.500. The van der Waals surface area contributed by atoms with Crippen molar-refractivity contribution in [2.24, 2.45) is 5.92 Å². The summed E-state index contributed by atoms with van der Waals surface area (Å²) in [4.78, 5) is 13.0. The number of rotatable bonds is 18. The Morgan fingerprint density at radius 3 is 2.63 bits per heavy atom. The van der Waals surface area contributed by atoms with Gasteiger partial charge in [-0.1, -0.05) is 49.1 Å². The van der Waals surface area contributed by atoms with Crippen molar-refractivity contribution in [1.82, 2.24) is 0 Å². The Morgan fingerprint density at radius 2 is 1.87 bits per heavy atom. The van der Waals surface area contributed by atoms with Crippen LogP contribution in [0, 0.1) is 12.8 Å². The standard InChI is InChI=1S/C46H60NO6P/c1-4-13-43(41-20-9-8-15-35(41)3)51-27-11-18-38-31-37-21-22-40(50-28-12-29-52-54-53-33-36-16-6-5-7-17-36)32-42(37)45(38)23-25-46(26-24-45,44(48)49)47-39-19-10-14-34(2)30-39/h4,6,10,13-14,16-17,19,21-22,30,32,38,47,54H,3,5,7-9,11-12,15,18,20,23-29,31,33H2,1-2H3,(H,48,49)/b13-4-,43-41+. The molecule has 2 saturated carbocycles. The third kappa shape index (κ3) is 9.96. The highest BCUT2D eigenvalue weighted by Crippen LogP contribution is 2.56. The second kappa shape index (κ2) is 19.3. The van der Waals surface area contributed by atoms with E-state index in [0.717, 1.165) is 87.0 Å². The number of carbonyl (C=O) groups is 1. The maximum Gasteiger partial charge on any atom is 0.329 e. The Balaban J connectivity index is 1.11. The highest BCUT2D eigenvalue weighted by atomic mass is 31.1. The average Bonchev–Trinajstić information content (AvgIpc) is 3.47. The Morgan fingerprint density at radius 1 is 1.02 bits per heavy atom. The Hall–Kier alpha value is -3.64. The number of hydrogen-bond acceptors (Lipinski definition) is 6. The number of anilines is 1. The van der Waals surface area contributed by atoms with Crippen LogP contribution in [0.15, 0.2) is 102 Å². The number of carboxylic acid groups (broad SMARTS) is 1. The molecule has 8 heteroatoms. The molecule has 0 bridgehead atoms. The zero-order chi connectivity index (χ0) is 37.8. The molecule has 0 aliphatic heterocycles. The molecule has 0 radical (unpaired) electrons. The largest absolute Gasteiger partial charge is 0.493 e. The first-order valence-electron chi connectivity index (χ1n) is 20.2. The predicted molar refractivity (Wildman–Crippen MR) is 220 cm³/mol. The first kappa shape index (κ1) is 40.0. The van der Waals surface area contributed by atoms with Crippen LogP contribution in [0.25, 0.3) is 0 Å². The number of aryl methyl sites for hydroxylation is 1. The molecule has 7 nitrogen and oxygen atoms in total.